The summed E-state index contributed by atoms with van der Waals surface area (Å²) < 4.78 is 7.13. The molecule has 4 nitrogen and oxygen atoms in total. The van der Waals surface area contributed by atoms with Crippen molar-refractivity contribution in [3.05, 3.63) is 60.4 Å². The van der Waals surface area contributed by atoms with Crippen molar-refractivity contribution in [2.24, 2.45) is 16.8 Å². The summed E-state index contributed by atoms with van der Waals surface area (Å²) in [5, 5.41) is 2.19. The van der Waals surface area contributed by atoms with E-state index < -0.39 is 5.72 Å². The maximum absolute atomic E-state index is 7.13. The van der Waals surface area contributed by atoms with E-state index in [1.54, 1.807) is 0 Å². The highest BCUT2D eigenvalue weighted by Crippen LogP contribution is 2.68. The van der Waals surface area contributed by atoms with Gasteiger partial charge in [-0.1, -0.05) is 30.7 Å². The van der Waals surface area contributed by atoms with Crippen molar-refractivity contribution in [3.8, 4) is 5.75 Å². The van der Waals surface area contributed by atoms with Gasteiger partial charge in [-0.25, -0.2) is 0 Å². The van der Waals surface area contributed by atoms with Crippen LogP contribution in [0.25, 0.3) is 10.8 Å². The largest absolute Gasteiger partial charge is 0.459 e. The highest BCUT2D eigenvalue weighted by molar-refractivity contribution is 5.97. The average molecular weight is 381 g/mol. The van der Waals surface area contributed by atoms with Crippen LogP contribution in [0.15, 0.2) is 59.9 Å². The van der Waals surface area contributed by atoms with Crippen molar-refractivity contribution in [1.29, 1.82) is 0 Å². The van der Waals surface area contributed by atoms with Crippen LogP contribution in [0.4, 0.5) is 11.4 Å². The number of fused-ring (bicyclic) bond motifs is 9. The molecule has 2 fully saturated rings. The minimum atomic E-state index is -0.568. The van der Waals surface area contributed by atoms with Crippen LogP contribution in [-0.4, -0.2) is 24.0 Å². The van der Waals surface area contributed by atoms with E-state index in [1.165, 1.54) is 36.9 Å². The van der Waals surface area contributed by atoms with Gasteiger partial charge >= 0.3 is 0 Å². The molecule has 2 aliphatic heterocycles. The Morgan fingerprint density at radius 1 is 1.10 bits per heavy atom. The van der Waals surface area contributed by atoms with Crippen LogP contribution in [0.2, 0.25) is 0 Å². The van der Waals surface area contributed by atoms with Crippen molar-refractivity contribution >= 4 is 28.4 Å². The number of aromatic nitrogens is 1. The van der Waals surface area contributed by atoms with E-state index in [2.05, 4.69) is 65.6 Å². The Kier molecular flexibility index (Phi) is 2.85. The summed E-state index contributed by atoms with van der Waals surface area (Å²) in [6, 6.07) is 15.1. The van der Waals surface area contributed by atoms with E-state index in [-0.39, 0.29) is 5.41 Å². The number of anilines is 1. The number of aliphatic imine (C=N–C) groups is 1. The lowest BCUT2D eigenvalue weighted by molar-refractivity contribution is 0.0303. The predicted molar refractivity (Wildman–Crippen MR) is 115 cm³/mol. The van der Waals surface area contributed by atoms with Gasteiger partial charge in [0, 0.05) is 35.9 Å². The van der Waals surface area contributed by atoms with Crippen molar-refractivity contribution < 1.29 is 4.74 Å². The maximum atomic E-state index is 7.13. The zero-order valence-corrected chi connectivity index (χ0v) is 16.5. The van der Waals surface area contributed by atoms with Gasteiger partial charge < -0.3 is 9.64 Å². The summed E-state index contributed by atoms with van der Waals surface area (Å²) in [7, 11) is 2.18. The van der Waals surface area contributed by atoms with Gasteiger partial charge in [0.1, 0.15) is 5.69 Å². The molecule has 3 heterocycles. The van der Waals surface area contributed by atoms with Gasteiger partial charge in [0.2, 0.25) is 5.72 Å². The Balaban J connectivity index is 1.51. The Morgan fingerprint density at radius 3 is 2.90 bits per heavy atom. The van der Waals surface area contributed by atoms with Crippen LogP contribution in [0.3, 0.4) is 0 Å². The number of rotatable bonds is 0. The van der Waals surface area contributed by atoms with E-state index in [1.807, 2.05) is 12.4 Å². The first-order chi connectivity index (χ1) is 14.2. The van der Waals surface area contributed by atoms with Crippen LogP contribution in [-0.2, 0) is 5.41 Å². The Hall–Kier alpha value is -2.88. The third-order valence-corrected chi connectivity index (χ3v) is 8.12. The third-order valence-electron chi connectivity index (χ3n) is 8.12. The third kappa shape index (κ3) is 1.73. The van der Waals surface area contributed by atoms with Crippen LogP contribution < -0.4 is 9.64 Å². The molecule has 4 unspecified atom stereocenters. The van der Waals surface area contributed by atoms with Crippen LogP contribution >= 0.6 is 0 Å². The van der Waals surface area contributed by atoms with Crippen molar-refractivity contribution in [2.75, 3.05) is 11.9 Å². The predicted octanol–water partition coefficient (Wildman–Crippen LogP) is 5.23. The van der Waals surface area contributed by atoms with Crippen LogP contribution in [0, 0.1) is 11.8 Å². The second kappa shape index (κ2) is 5.18. The van der Waals surface area contributed by atoms with E-state index in [0.717, 1.165) is 28.1 Å². The Morgan fingerprint density at radius 2 is 2.03 bits per heavy atom. The lowest BCUT2D eigenvalue weighted by Crippen LogP contribution is -2.64. The summed E-state index contributed by atoms with van der Waals surface area (Å²) in [5.74, 6) is 2.34. The zero-order chi connectivity index (χ0) is 19.2. The number of hydrogen-bond acceptors (Lipinski definition) is 4. The fourth-order valence-corrected chi connectivity index (χ4v) is 6.95. The van der Waals surface area contributed by atoms with Gasteiger partial charge in [-0.3, -0.25) is 9.98 Å². The molecule has 0 saturated heterocycles. The lowest BCUT2D eigenvalue weighted by Gasteiger charge is -2.50. The molecule has 4 heteroatoms. The lowest BCUT2D eigenvalue weighted by atomic mass is 9.63. The van der Waals surface area contributed by atoms with Crippen LogP contribution in [0.5, 0.6) is 5.75 Å². The van der Waals surface area contributed by atoms with Crippen LogP contribution in [0.1, 0.15) is 31.2 Å². The summed E-state index contributed by atoms with van der Waals surface area (Å²) in [6.07, 6.45) is 11.0. The first-order valence-electron chi connectivity index (χ1n) is 10.7. The van der Waals surface area contributed by atoms with Gasteiger partial charge in [-0.2, -0.15) is 0 Å². The molecule has 1 aromatic heterocycles. The molecule has 29 heavy (non-hydrogen) atoms. The van der Waals surface area contributed by atoms with E-state index in [4.69, 9.17) is 9.73 Å². The molecule has 0 radical (unpaired) electrons. The summed E-state index contributed by atoms with van der Waals surface area (Å²) in [5.41, 5.74) is 3.05. The topological polar surface area (TPSA) is 37.7 Å². The van der Waals surface area contributed by atoms with Gasteiger partial charge in [-0.05, 0) is 54.9 Å². The number of hydrogen-bond donors (Lipinski definition) is 0. The minimum absolute atomic E-state index is 0.0301. The van der Waals surface area contributed by atoms with Gasteiger partial charge in [0.15, 0.2) is 5.75 Å². The molecule has 2 saturated carbocycles. The molecule has 2 aromatic carbocycles. The Bertz CT molecular complexity index is 1200. The highest BCUT2D eigenvalue weighted by atomic mass is 16.5. The second-order valence-corrected chi connectivity index (χ2v) is 9.19. The van der Waals surface area contributed by atoms with E-state index in [9.17, 15) is 0 Å². The van der Waals surface area contributed by atoms with Gasteiger partial charge in [-0.15, -0.1) is 0 Å². The van der Waals surface area contributed by atoms with E-state index >= 15 is 0 Å². The highest BCUT2D eigenvalue weighted by Gasteiger charge is 2.70. The molecule has 0 amide bonds. The van der Waals surface area contributed by atoms with Crippen molar-refractivity contribution in [3.63, 3.8) is 0 Å². The molecule has 2 aliphatic carbocycles. The molecule has 7 rings (SSSR count). The number of pyridine rings is 1. The maximum Gasteiger partial charge on any atom is 0.229 e. The quantitative estimate of drug-likeness (QED) is 0.535. The van der Waals surface area contributed by atoms with Gasteiger partial charge in [0.05, 0.1) is 11.6 Å². The first-order valence-corrected chi connectivity index (χ1v) is 10.7. The number of benzene rings is 2. The molecule has 0 N–H and O–H groups in total. The molecule has 144 valence electrons. The SMILES string of the molecule is CN1c2ccccc2C2(CC3CCC2C3)C12C=Nc1ccc3cnccc3c1O2. The van der Waals surface area contributed by atoms with E-state index in [0.29, 0.717) is 5.92 Å². The second-order valence-electron chi connectivity index (χ2n) is 9.19. The fourth-order valence-electron chi connectivity index (χ4n) is 6.95. The molecule has 2 bridgehead atoms. The monoisotopic (exact) mass is 381 g/mol. The molecule has 4 atom stereocenters. The number of para-hydroxylation sites is 1. The summed E-state index contributed by atoms with van der Waals surface area (Å²) in [4.78, 5) is 11.7. The fraction of sp³-hybridized carbons (Fsp3) is 0.360. The number of ether oxygens (including phenoxy) is 1. The molecule has 2 spiro atoms. The van der Waals surface area contributed by atoms with Gasteiger partial charge in [0.25, 0.3) is 0 Å². The molecular formula is C25H23N3O. The number of likely N-dealkylation sites (N-methyl/N-ethyl adjacent to an activating group) is 1. The first kappa shape index (κ1) is 16.0. The number of nitrogens with zero attached hydrogens (tertiary/aromatic N) is 3. The normalized spacial score (nSPS) is 33.5. The zero-order valence-electron chi connectivity index (χ0n) is 16.5. The molecule has 3 aromatic rings. The Labute approximate surface area is 170 Å². The summed E-state index contributed by atoms with van der Waals surface area (Å²) in [6.45, 7) is 0. The average Bonchev–Trinajstić information content (AvgIpc) is 3.44. The smallest absolute Gasteiger partial charge is 0.229 e. The molecule has 4 aliphatic rings. The summed E-state index contributed by atoms with van der Waals surface area (Å²) >= 11 is 0. The van der Waals surface area contributed by atoms with Crippen molar-refractivity contribution in [1.82, 2.24) is 4.98 Å². The van der Waals surface area contributed by atoms with Crippen molar-refractivity contribution in [2.45, 2.75) is 36.8 Å². The standard InChI is InChI=1S/C25H23N3O/c1-28-22-5-3-2-4-20(22)24(13-16-6-8-18(24)12-16)25(28)15-27-21-9-7-17-14-26-11-10-19(17)23(21)29-25/h2-5,7,9-11,14-16,18H,6,8,12-13H2,1H3. The minimum Gasteiger partial charge on any atom is -0.459 e. The molecular weight excluding hydrogens is 358 g/mol.